The van der Waals surface area contributed by atoms with Crippen molar-refractivity contribution in [2.45, 2.75) is 26.4 Å². The van der Waals surface area contributed by atoms with Gasteiger partial charge in [-0.2, -0.15) is 5.10 Å². The fourth-order valence-corrected chi connectivity index (χ4v) is 1.70. The molecule has 0 saturated heterocycles. The number of nitrogens with zero attached hydrogens (tertiary/aromatic N) is 4. The number of aromatic nitrogens is 4. The number of ether oxygens (including phenoxy) is 1. The number of nitrogens with one attached hydrogen (secondary N) is 1. The molecular weight excluding hydrogens is 242 g/mol. The molecule has 2 aromatic heterocycles. The highest BCUT2D eigenvalue weighted by molar-refractivity contribution is 5.40. The zero-order valence-corrected chi connectivity index (χ0v) is 11.7. The summed E-state index contributed by atoms with van der Waals surface area (Å²) < 4.78 is 6.84. The van der Waals surface area contributed by atoms with Crippen LogP contribution in [0.25, 0.3) is 5.82 Å². The first-order valence-corrected chi connectivity index (χ1v) is 6.24. The molecule has 0 saturated carbocycles. The molecule has 0 spiro atoms. The molecule has 6 heteroatoms. The third-order valence-electron chi connectivity index (χ3n) is 2.72. The molecule has 2 rings (SSSR count). The highest BCUT2D eigenvalue weighted by Crippen LogP contribution is 2.15. The van der Waals surface area contributed by atoms with E-state index in [0.717, 1.165) is 17.3 Å². The summed E-state index contributed by atoms with van der Waals surface area (Å²) >= 11 is 0. The number of hydrogen-bond acceptors (Lipinski definition) is 5. The smallest absolute Gasteiger partial charge is 0.159 e. The van der Waals surface area contributed by atoms with E-state index < -0.39 is 0 Å². The SMILES string of the molecule is CNc1cc(-n2ccc(C(C)C)n2)nc(COC)n1. The average Bonchev–Trinajstić information content (AvgIpc) is 2.88. The third-order valence-corrected chi connectivity index (χ3v) is 2.72. The summed E-state index contributed by atoms with van der Waals surface area (Å²) in [6, 6.07) is 3.86. The average molecular weight is 261 g/mol. The van der Waals surface area contributed by atoms with Gasteiger partial charge in [0.25, 0.3) is 0 Å². The maximum atomic E-state index is 5.08. The first kappa shape index (κ1) is 13.5. The van der Waals surface area contributed by atoms with E-state index in [4.69, 9.17) is 4.74 Å². The summed E-state index contributed by atoms with van der Waals surface area (Å²) in [4.78, 5) is 8.76. The van der Waals surface area contributed by atoms with Gasteiger partial charge < -0.3 is 10.1 Å². The molecule has 19 heavy (non-hydrogen) atoms. The van der Waals surface area contributed by atoms with Crippen molar-refractivity contribution in [1.29, 1.82) is 0 Å². The van der Waals surface area contributed by atoms with Crippen LogP contribution in [0, 0.1) is 0 Å². The number of rotatable bonds is 5. The van der Waals surface area contributed by atoms with Crippen LogP contribution < -0.4 is 5.32 Å². The fourth-order valence-electron chi connectivity index (χ4n) is 1.70. The second-order valence-electron chi connectivity index (χ2n) is 4.55. The Hall–Kier alpha value is -1.95. The highest BCUT2D eigenvalue weighted by atomic mass is 16.5. The molecular formula is C13H19N5O. The van der Waals surface area contributed by atoms with Crippen molar-refractivity contribution in [3.8, 4) is 5.82 Å². The lowest BCUT2D eigenvalue weighted by atomic mass is 10.1. The Morgan fingerprint density at radius 2 is 2.16 bits per heavy atom. The molecule has 0 unspecified atom stereocenters. The zero-order chi connectivity index (χ0) is 13.8. The van der Waals surface area contributed by atoms with E-state index in [-0.39, 0.29) is 0 Å². The van der Waals surface area contributed by atoms with Gasteiger partial charge >= 0.3 is 0 Å². The van der Waals surface area contributed by atoms with Gasteiger partial charge in [-0.15, -0.1) is 0 Å². The van der Waals surface area contributed by atoms with Crippen molar-refractivity contribution < 1.29 is 4.74 Å². The lowest BCUT2D eigenvalue weighted by Gasteiger charge is -2.07. The van der Waals surface area contributed by atoms with E-state index in [2.05, 4.69) is 34.2 Å². The summed E-state index contributed by atoms with van der Waals surface area (Å²) in [6.45, 7) is 4.60. The van der Waals surface area contributed by atoms with E-state index in [1.165, 1.54) is 0 Å². The van der Waals surface area contributed by atoms with Gasteiger partial charge in [0.2, 0.25) is 0 Å². The van der Waals surface area contributed by atoms with E-state index >= 15 is 0 Å². The van der Waals surface area contributed by atoms with Crippen LogP contribution in [0.5, 0.6) is 0 Å². The molecule has 0 amide bonds. The quantitative estimate of drug-likeness (QED) is 0.891. The molecule has 0 aliphatic rings. The van der Waals surface area contributed by atoms with Gasteiger partial charge in [-0.25, -0.2) is 14.6 Å². The minimum atomic E-state index is 0.376. The first-order chi connectivity index (χ1) is 9.13. The normalized spacial score (nSPS) is 11.0. The molecule has 2 heterocycles. The minimum absolute atomic E-state index is 0.376. The lowest BCUT2D eigenvalue weighted by Crippen LogP contribution is -2.07. The summed E-state index contributed by atoms with van der Waals surface area (Å²) in [5.41, 5.74) is 1.04. The Morgan fingerprint density at radius 3 is 2.74 bits per heavy atom. The monoisotopic (exact) mass is 261 g/mol. The van der Waals surface area contributed by atoms with Gasteiger partial charge in [0.15, 0.2) is 11.6 Å². The molecule has 6 nitrogen and oxygen atoms in total. The Kier molecular flexibility index (Phi) is 4.11. The van der Waals surface area contributed by atoms with E-state index in [9.17, 15) is 0 Å². The molecule has 0 radical (unpaired) electrons. The molecule has 0 bridgehead atoms. The van der Waals surface area contributed by atoms with Crippen molar-refractivity contribution in [1.82, 2.24) is 19.7 Å². The van der Waals surface area contributed by atoms with Crippen molar-refractivity contribution in [2.75, 3.05) is 19.5 Å². The molecule has 1 N–H and O–H groups in total. The zero-order valence-electron chi connectivity index (χ0n) is 11.7. The van der Waals surface area contributed by atoms with Crippen LogP contribution in [0.1, 0.15) is 31.3 Å². The largest absolute Gasteiger partial charge is 0.377 e. The van der Waals surface area contributed by atoms with E-state index in [1.54, 1.807) is 11.8 Å². The minimum Gasteiger partial charge on any atom is -0.377 e. The van der Waals surface area contributed by atoms with Crippen LogP contribution in [-0.4, -0.2) is 33.9 Å². The maximum absolute atomic E-state index is 5.08. The second kappa shape index (κ2) is 5.79. The van der Waals surface area contributed by atoms with Crippen molar-refractivity contribution in [3.63, 3.8) is 0 Å². The Labute approximate surface area is 112 Å². The number of methoxy groups -OCH3 is 1. The molecule has 0 fully saturated rings. The summed E-state index contributed by atoms with van der Waals surface area (Å²) in [5, 5.41) is 7.53. The van der Waals surface area contributed by atoms with Crippen LogP contribution >= 0.6 is 0 Å². The predicted molar refractivity (Wildman–Crippen MR) is 73.5 cm³/mol. The lowest BCUT2D eigenvalue weighted by molar-refractivity contribution is 0.178. The van der Waals surface area contributed by atoms with E-state index in [0.29, 0.717) is 18.3 Å². The van der Waals surface area contributed by atoms with Crippen LogP contribution in [0.4, 0.5) is 5.82 Å². The van der Waals surface area contributed by atoms with Crippen LogP contribution in [0.3, 0.4) is 0 Å². The number of hydrogen-bond donors (Lipinski definition) is 1. The summed E-state index contributed by atoms with van der Waals surface area (Å²) in [6.07, 6.45) is 1.91. The third kappa shape index (κ3) is 3.08. The topological polar surface area (TPSA) is 64.9 Å². The van der Waals surface area contributed by atoms with Crippen LogP contribution in [0.15, 0.2) is 18.3 Å². The standard InChI is InChI=1S/C13H19N5O/c1-9(2)10-5-6-18(17-10)13-7-11(14-3)15-12(16-13)8-19-4/h5-7,9H,8H2,1-4H3,(H,14,15,16). The van der Waals surface area contributed by atoms with Crippen LogP contribution in [0.2, 0.25) is 0 Å². The van der Waals surface area contributed by atoms with E-state index in [1.807, 2.05) is 25.4 Å². The van der Waals surface area contributed by atoms with Crippen molar-refractivity contribution >= 4 is 5.82 Å². The maximum Gasteiger partial charge on any atom is 0.159 e. The summed E-state index contributed by atoms with van der Waals surface area (Å²) in [5.74, 6) is 2.51. The Bertz CT molecular complexity index is 550. The highest BCUT2D eigenvalue weighted by Gasteiger charge is 2.09. The Morgan fingerprint density at radius 1 is 1.37 bits per heavy atom. The molecule has 0 atom stereocenters. The fraction of sp³-hybridized carbons (Fsp3) is 0.462. The van der Waals surface area contributed by atoms with Gasteiger partial charge in [0.1, 0.15) is 12.4 Å². The van der Waals surface area contributed by atoms with Gasteiger partial charge in [-0.1, -0.05) is 13.8 Å². The molecule has 0 aliphatic carbocycles. The van der Waals surface area contributed by atoms with Crippen LogP contribution in [-0.2, 0) is 11.3 Å². The molecule has 0 aliphatic heterocycles. The van der Waals surface area contributed by atoms with Gasteiger partial charge in [-0.3, -0.25) is 0 Å². The van der Waals surface area contributed by atoms with Crippen molar-refractivity contribution in [2.24, 2.45) is 0 Å². The molecule has 2 aromatic rings. The summed E-state index contributed by atoms with van der Waals surface area (Å²) in [7, 11) is 3.45. The van der Waals surface area contributed by atoms with Gasteiger partial charge in [-0.05, 0) is 12.0 Å². The number of anilines is 1. The first-order valence-electron chi connectivity index (χ1n) is 6.24. The van der Waals surface area contributed by atoms with Gasteiger partial charge in [0, 0.05) is 26.4 Å². The second-order valence-corrected chi connectivity index (χ2v) is 4.55. The predicted octanol–water partition coefficient (Wildman–Crippen LogP) is 1.97. The van der Waals surface area contributed by atoms with Gasteiger partial charge in [0.05, 0.1) is 5.69 Å². The Balaban J connectivity index is 2.38. The molecule has 102 valence electrons. The molecule has 0 aromatic carbocycles. The van der Waals surface area contributed by atoms with Crippen molar-refractivity contribution in [3.05, 3.63) is 29.8 Å².